The Kier molecular flexibility index (Phi) is 4.51. The van der Waals surface area contributed by atoms with E-state index in [1.807, 2.05) is 26.0 Å². The van der Waals surface area contributed by atoms with Gasteiger partial charge in [-0.1, -0.05) is 12.1 Å². The molecule has 0 aromatic heterocycles. The Balaban J connectivity index is 2.76. The van der Waals surface area contributed by atoms with E-state index in [1.165, 1.54) is 0 Å². The van der Waals surface area contributed by atoms with Crippen LogP contribution in [0.1, 0.15) is 23.6 Å². The van der Waals surface area contributed by atoms with E-state index in [4.69, 9.17) is 10.2 Å². The fourth-order valence-electron chi connectivity index (χ4n) is 1.62. The van der Waals surface area contributed by atoms with Gasteiger partial charge in [0.15, 0.2) is 0 Å². The molecular formula is C13H21NO3. The third kappa shape index (κ3) is 3.43. The molecule has 0 bridgehead atoms. The Morgan fingerprint density at radius 3 is 2.00 bits per heavy atom. The summed E-state index contributed by atoms with van der Waals surface area (Å²) < 4.78 is 0. The van der Waals surface area contributed by atoms with Gasteiger partial charge >= 0.3 is 0 Å². The third-order valence-electron chi connectivity index (χ3n) is 2.97. The van der Waals surface area contributed by atoms with E-state index in [-0.39, 0.29) is 13.2 Å². The molecule has 1 rings (SSSR count). The van der Waals surface area contributed by atoms with Crippen LogP contribution in [0.25, 0.3) is 0 Å². The number of hydrogen-bond acceptors (Lipinski definition) is 4. The van der Waals surface area contributed by atoms with Crippen LogP contribution >= 0.6 is 0 Å². The van der Waals surface area contributed by atoms with E-state index >= 15 is 0 Å². The second kappa shape index (κ2) is 5.49. The summed E-state index contributed by atoms with van der Waals surface area (Å²) in [5.41, 5.74) is 2.00. The monoisotopic (exact) mass is 239 g/mol. The fraction of sp³-hybridized carbons (Fsp3) is 0.538. The summed E-state index contributed by atoms with van der Waals surface area (Å²) in [6, 6.07) is 3.79. The van der Waals surface area contributed by atoms with Crippen LogP contribution in [0.4, 0.5) is 0 Å². The molecule has 17 heavy (non-hydrogen) atoms. The Hall–Kier alpha value is -1.10. The van der Waals surface area contributed by atoms with Crippen LogP contribution in [0.15, 0.2) is 12.1 Å². The van der Waals surface area contributed by atoms with Crippen LogP contribution in [0.5, 0.6) is 5.75 Å². The molecule has 96 valence electrons. The highest BCUT2D eigenvalue weighted by Gasteiger charge is 2.21. The molecule has 4 heteroatoms. The Bertz CT molecular complexity index is 363. The van der Waals surface area contributed by atoms with Crippen LogP contribution in [0, 0.1) is 13.8 Å². The first-order chi connectivity index (χ1) is 7.91. The minimum atomic E-state index is -0.681. The van der Waals surface area contributed by atoms with Gasteiger partial charge in [0, 0.05) is 6.54 Å². The number of aliphatic hydroxyl groups is 2. The van der Waals surface area contributed by atoms with Crippen molar-refractivity contribution in [1.82, 2.24) is 5.32 Å². The van der Waals surface area contributed by atoms with E-state index in [0.29, 0.717) is 12.3 Å². The molecule has 0 saturated carbocycles. The van der Waals surface area contributed by atoms with E-state index in [9.17, 15) is 5.11 Å². The van der Waals surface area contributed by atoms with Crippen molar-refractivity contribution < 1.29 is 15.3 Å². The highest BCUT2D eigenvalue weighted by molar-refractivity contribution is 5.42. The minimum Gasteiger partial charge on any atom is -0.507 e. The van der Waals surface area contributed by atoms with Gasteiger partial charge < -0.3 is 20.6 Å². The molecule has 4 N–H and O–H groups in total. The molecule has 0 radical (unpaired) electrons. The summed E-state index contributed by atoms with van der Waals surface area (Å²) in [5.74, 6) is 0.320. The number of nitrogens with one attached hydrogen (secondary N) is 1. The van der Waals surface area contributed by atoms with Crippen molar-refractivity contribution in [2.75, 3.05) is 13.2 Å². The van der Waals surface area contributed by atoms with Crippen molar-refractivity contribution in [3.63, 3.8) is 0 Å². The van der Waals surface area contributed by atoms with Gasteiger partial charge in [-0.05, 0) is 37.5 Å². The number of benzene rings is 1. The van der Waals surface area contributed by atoms with Crippen LogP contribution in [-0.2, 0) is 6.54 Å². The maximum absolute atomic E-state index is 9.65. The van der Waals surface area contributed by atoms with Crippen molar-refractivity contribution in [1.29, 1.82) is 0 Å². The summed E-state index contributed by atoms with van der Waals surface area (Å²) >= 11 is 0. The number of rotatable bonds is 5. The summed E-state index contributed by atoms with van der Waals surface area (Å²) in [7, 11) is 0. The molecule has 0 atom stereocenters. The molecule has 0 aliphatic carbocycles. The predicted octanol–water partition coefficient (Wildman–Crippen LogP) is 0.842. The molecule has 0 fully saturated rings. The normalized spacial score (nSPS) is 11.8. The van der Waals surface area contributed by atoms with E-state index in [0.717, 1.165) is 16.7 Å². The van der Waals surface area contributed by atoms with Gasteiger partial charge in [0.2, 0.25) is 0 Å². The van der Waals surface area contributed by atoms with Crippen molar-refractivity contribution >= 4 is 0 Å². The molecule has 0 spiro atoms. The lowest BCUT2D eigenvalue weighted by Gasteiger charge is -2.26. The SMILES string of the molecule is Cc1cc(CNC(C)(CO)CO)cc(C)c1O. The Labute approximate surface area is 102 Å². The zero-order chi connectivity index (χ0) is 13.1. The molecule has 1 aromatic rings. The van der Waals surface area contributed by atoms with Gasteiger partial charge in [0.1, 0.15) is 5.75 Å². The Morgan fingerprint density at radius 1 is 1.12 bits per heavy atom. The number of phenolic OH excluding ortho intramolecular Hbond substituents is 1. The lowest BCUT2D eigenvalue weighted by molar-refractivity contribution is 0.103. The van der Waals surface area contributed by atoms with Crippen LogP contribution in [0.2, 0.25) is 0 Å². The zero-order valence-corrected chi connectivity index (χ0v) is 10.6. The van der Waals surface area contributed by atoms with Crippen molar-refractivity contribution in [2.45, 2.75) is 32.9 Å². The first-order valence-corrected chi connectivity index (χ1v) is 5.67. The quantitative estimate of drug-likeness (QED) is 0.614. The predicted molar refractivity (Wildman–Crippen MR) is 67.0 cm³/mol. The number of aliphatic hydroxyl groups excluding tert-OH is 2. The van der Waals surface area contributed by atoms with E-state index < -0.39 is 5.54 Å². The summed E-state index contributed by atoms with van der Waals surface area (Å²) in [4.78, 5) is 0. The summed E-state index contributed by atoms with van der Waals surface area (Å²) in [5, 5.41) is 31.1. The van der Waals surface area contributed by atoms with Crippen molar-refractivity contribution in [2.24, 2.45) is 0 Å². The van der Waals surface area contributed by atoms with Gasteiger partial charge in [-0.15, -0.1) is 0 Å². The number of aromatic hydroxyl groups is 1. The largest absolute Gasteiger partial charge is 0.507 e. The molecule has 0 aliphatic heterocycles. The molecular weight excluding hydrogens is 218 g/mol. The molecule has 0 unspecified atom stereocenters. The number of phenols is 1. The lowest BCUT2D eigenvalue weighted by atomic mass is 10.0. The first-order valence-electron chi connectivity index (χ1n) is 5.67. The van der Waals surface area contributed by atoms with E-state index in [1.54, 1.807) is 6.92 Å². The van der Waals surface area contributed by atoms with Gasteiger partial charge in [0.05, 0.1) is 18.8 Å². The average molecular weight is 239 g/mol. The first kappa shape index (κ1) is 14.0. The molecule has 0 amide bonds. The zero-order valence-electron chi connectivity index (χ0n) is 10.6. The summed E-state index contributed by atoms with van der Waals surface area (Å²) in [6.07, 6.45) is 0. The average Bonchev–Trinajstić information content (AvgIpc) is 2.32. The molecule has 4 nitrogen and oxygen atoms in total. The molecule has 1 aromatic carbocycles. The highest BCUT2D eigenvalue weighted by atomic mass is 16.3. The maximum atomic E-state index is 9.65. The van der Waals surface area contributed by atoms with Crippen LogP contribution in [0.3, 0.4) is 0 Å². The second-order valence-corrected chi connectivity index (χ2v) is 4.81. The number of aryl methyl sites for hydroxylation is 2. The second-order valence-electron chi connectivity index (χ2n) is 4.81. The maximum Gasteiger partial charge on any atom is 0.121 e. The van der Waals surface area contributed by atoms with Gasteiger partial charge in [-0.3, -0.25) is 0 Å². The minimum absolute atomic E-state index is 0.125. The van der Waals surface area contributed by atoms with Crippen molar-refractivity contribution in [3.8, 4) is 5.75 Å². The summed E-state index contributed by atoms with van der Waals surface area (Å²) in [6.45, 7) is 5.75. The van der Waals surface area contributed by atoms with Gasteiger partial charge in [-0.25, -0.2) is 0 Å². The Morgan fingerprint density at radius 2 is 1.59 bits per heavy atom. The van der Waals surface area contributed by atoms with Crippen LogP contribution < -0.4 is 5.32 Å². The third-order valence-corrected chi connectivity index (χ3v) is 2.97. The smallest absolute Gasteiger partial charge is 0.121 e. The lowest BCUT2D eigenvalue weighted by Crippen LogP contribution is -2.48. The van der Waals surface area contributed by atoms with Crippen LogP contribution in [-0.4, -0.2) is 34.1 Å². The highest BCUT2D eigenvalue weighted by Crippen LogP contribution is 2.23. The molecule has 0 aliphatic rings. The fourth-order valence-corrected chi connectivity index (χ4v) is 1.62. The van der Waals surface area contributed by atoms with Gasteiger partial charge in [0.25, 0.3) is 0 Å². The number of hydrogen-bond donors (Lipinski definition) is 4. The topological polar surface area (TPSA) is 72.7 Å². The van der Waals surface area contributed by atoms with E-state index in [2.05, 4.69) is 5.32 Å². The standard InChI is InChI=1S/C13H21NO3/c1-9-4-11(5-10(2)12(9)17)6-14-13(3,7-15)8-16/h4-5,14-17H,6-8H2,1-3H3. The molecule has 0 heterocycles. The van der Waals surface area contributed by atoms with Gasteiger partial charge in [-0.2, -0.15) is 0 Å². The van der Waals surface area contributed by atoms with Crippen molar-refractivity contribution in [3.05, 3.63) is 28.8 Å². The molecule has 0 saturated heterocycles.